The van der Waals surface area contributed by atoms with Crippen LogP contribution < -0.4 is 0 Å². The minimum absolute atomic E-state index is 0.220. The molecular formula is C18H27Br2NO2. The molecule has 0 aliphatic heterocycles. The van der Waals surface area contributed by atoms with Gasteiger partial charge < -0.3 is 0 Å². The second-order valence-corrected chi connectivity index (χ2v) is 7.51. The second-order valence-electron chi connectivity index (χ2n) is 5.93. The van der Waals surface area contributed by atoms with Gasteiger partial charge in [0.05, 0.1) is 4.92 Å². The van der Waals surface area contributed by atoms with Crippen molar-refractivity contribution in [2.75, 3.05) is 10.7 Å². The van der Waals surface area contributed by atoms with E-state index in [1.807, 2.05) is 6.07 Å². The van der Waals surface area contributed by atoms with Gasteiger partial charge in [-0.3, -0.25) is 10.1 Å². The number of hydrogen-bond donors (Lipinski definition) is 0. The summed E-state index contributed by atoms with van der Waals surface area (Å²) in [5.41, 5.74) is 2.29. The fourth-order valence-electron chi connectivity index (χ4n) is 2.69. The van der Waals surface area contributed by atoms with Crippen molar-refractivity contribution in [3.05, 3.63) is 39.4 Å². The van der Waals surface area contributed by atoms with Crippen molar-refractivity contribution in [3.63, 3.8) is 0 Å². The average molecular weight is 449 g/mol. The summed E-state index contributed by atoms with van der Waals surface area (Å²) >= 11 is 6.86. The smallest absolute Gasteiger partial charge is 0.258 e. The highest BCUT2D eigenvalue weighted by atomic mass is 79.9. The molecule has 0 bridgehead atoms. The summed E-state index contributed by atoms with van der Waals surface area (Å²) in [6, 6.07) is 5.83. The Balaban J connectivity index is 2.51. The number of alkyl halides is 2. The van der Waals surface area contributed by atoms with Crippen molar-refractivity contribution < 1.29 is 4.92 Å². The summed E-state index contributed by atoms with van der Waals surface area (Å²) in [6.07, 6.45) is 11.0. The van der Waals surface area contributed by atoms with Gasteiger partial charge in [-0.25, -0.2) is 0 Å². The fourth-order valence-corrected chi connectivity index (χ4v) is 3.48. The van der Waals surface area contributed by atoms with E-state index in [1.165, 1.54) is 32.1 Å². The monoisotopic (exact) mass is 447 g/mol. The number of aryl methyl sites for hydroxylation is 2. The summed E-state index contributed by atoms with van der Waals surface area (Å²) in [5.74, 6) is 0. The lowest BCUT2D eigenvalue weighted by atomic mass is 10.00. The van der Waals surface area contributed by atoms with Crippen LogP contribution in [-0.4, -0.2) is 15.6 Å². The van der Waals surface area contributed by atoms with E-state index in [0.717, 1.165) is 53.9 Å². The Labute approximate surface area is 156 Å². The first-order chi connectivity index (χ1) is 11.2. The molecule has 0 spiro atoms. The maximum atomic E-state index is 11.3. The normalized spacial score (nSPS) is 10.9. The molecule has 0 saturated carbocycles. The maximum Gasteiger partial charge on any atom is 0.272 e. The Hall–Kier alpha value is -0.420. The van der Waals surface area contributed by atoms with Gasteiger partial charge in [0.15, 0.2) is 0 Å². The largest absolute Gasteiger partial charge is 0.272 e. The lowest BCUT2D eigenvalue weighted by molar-refractivity contribution is -0.385. The molecule has 130 valence electrons. The van der Waals surface area contributed by atoms with Gasteiger partial charge >= 0.3 is 0 Å². The Bertz CT molecular complexity index is 466. The third kappa shape index (κ3) is 8.85. The van der Waals surface area contributed by atoms with Crippen LogP contribution in [0.15, 0.2) is 18.2 Å². The molecule has 0 atom stereocenters. The number of nitro groups is 1. The van der Waals surface area contributed by atoms with Crippen molar-refractivity contribution in [1.29, 1.82) is 0 Å². The highest BCUT2D eigenvalue weighted by Gasteiger charge is 2.14. The zero-order valence-electron chi connectivity index (χ0n) is 13.7. The quantitative estimate of drug-likeness (QED) is 0.148. The number of nitrogens with zero attached hydrogens (tertiary/aromatic N) is 1. The summed E-state index contributed by atoms with van der Waals surface area (Å²) in [7, 11) is 0. The predicted octanol–water partition coefficient (Wildman–Crippen LogP) is 6.59. The molecule has 1 rings (SSSR count). The molecule has 0 saturated heterocycles. The first-order valence-corrected chi connectivity index (χ1v) is 10.8. The molecule has 1 aromatic carbocycles. The zero-order valence-corrected chi connectivity index (χ0v) is 16.9. The zero-order chi connectivity index (χ0) is 16.9. The minimum atomic E-state index is -0.220. The molecular weight excluding hydrogens is 422 g/mol. The van der Waals surface area contributed by atoms with E-state index in [1.54, 1.807) is 6.07 Å². The highest BCUT2D eigenvalue weighted by molar-refractivity contribution is 9.09. The fraction of sp³-hybridized carbons (Fsp3) is 0.667. The van der Waals surface area contributed by atoms with Crippen molar-refractivity contribution in [1.82, 2.24) is 0 Å². The van der Waals surface area contributed by atoms with Crippen LogP contribution in [-0.2, 0) is 12.8 Å². The molecule has 0 fully saturated rings. The molecule has 0 aromatic heterocycles. The van der Waals surface area contributed by atoms with E-state index in [9.17, 15) is 10.1 Å². The number of unbranched alkanes of at least 4 members (excludes halogenated alkanes) is 6. The van der Waals surface area contributed by atoms with E-state index in [-0.39, 0.29) is 4.92 Å². The van der Waals surface area contributed by atoms with Crippen LogP contribution >= 0.6 is 31.9 Å². The van der Waals surface area contributed by atoms with Crippen molar-refractivity contribution in [2.24, 2.45) is 0 Å². The Kier molecular flexibility index (Phi) is 11.6. The minimum Gasteiger partial charge on any atom is -0.258 e. The number of halogens is 2. The standard InChI is InChI=1S/C18H27Br2NO2/c19-13-7-3-1-5-9-16-11-12-17(18(15-16)21(22)23)10-6-2-4-8-14-20/h11-12,15H,1-10,13-14H2. The SMILES string of the molecule is O=[N+]([O-])c1cc(CCCCCCBr)ccc1CCCCCCBr. The third-order valence-corrected chi connectivity index (χ3v) is 5.15. The van der Waals surface area contributed by atoms with Crippen LogP contribution in [0.3, 0.4) is 0 Å². The highest BCUT2D eigenvalue weighted by Crippen LogP contribution is 2.24. The van der Waals surface area contributed by atoms with Crippen molar-refractivity contribution >= 4 is 37.5 Å². The molecule has 0 heterocycles. The summed E-state index contributed by atoms with van der Waals surface area (Å²) < 4.78 is 0. The summed E-state index contributed by atoms with van der Waals surface area (Å²) in [5, 5.41) is 13.4. The lowest BCUT2D eigenvalue weighted by Gasteiger charge is -2.06. The lowest BCUT2D eigenvalue weighted by Crippen LogP contribution is -1.98. The van der Waals surface area contributed by atoms with Gasteiger partial charge in [-0.1, -0.05) is 69.7 Å². The summed E-state index contributed by atoms with van der Waals surface area (Å²) in [6.45, 7) is 0. The van der Waals surface area contributed by atoms with Crippen molar-refractivity contribution in [3.8, 4) is 0 Å². The topological polar surface area (TPSA) is 43.1 Å². The molecule has 1 aromatic rings. The molecule has 0 radical (unpaired) electrons. The van der Waals surface area contributed by atoms with Gasteiger partial charge in [0.25, 0.3) is 5.69 Å². The van der Waals surface area contributed by atoms with E-state index in [4.69, 9.17) is 0 Å². The van der Waals surface area contributed by atoms with Crippen LogP contribution in [0.4, 0.5) is 5.69 Å². The second kappa shape index (κ2) is 12.9. The summed E-state index contributed by atoms with van der Waals surface area (Å²) in [4.78, 5) is 11.1. The first-order valence-electron chi connectivity index (χ1n) is 8.57. The first kappa shape index (κ1) is 20.6. The molecule has 5 heteroatoms. The number of rotatable bonds is 13. The van der Waals surface area contributed by atoms with Gasteiger partial charge in [0, 0.05) is 22.3 Å². The van der Waals surface area contributed by atoms with Crippen LogP contribution in [0, 0.1) is 10.1 Å². The third-order valence-electron chi connectivity index (χ3n) is 4.03. The Morgan fingerprint density at radius 1 is 0.826 bits per heavy atom. The number of benzene rings is 1. The van der Waals surface area contributed by atoms with Gasteiger partial charge in [-0.15, -0.1) is 0 Å². The van der Waals surface area contributed by atoms with Crippen molar-refractivity contribution in [2.45, 2.75) is 64.2 Å². The number of hydrogen-bond acceptors (Lipinski definition) is 2. The average Bonchev–Trinajstić information content (AvgIpc) is 2.55. The van der Waals surface area contributed by atoms with Gasteiger partial charge in [0.2, 0.25) is 0 Å². The molecule has 0 N–H and O–H groups in total. The molecule has 3 nitrogen and oxygen atoms in total. The van der Waals surface area contributed by atoms with Crippen LogP contribution in [0.5, 0.6) is 0 Å². The van der Waals surface area contributed by atoms with Gasteiger partial charge in [0.1, 0.15) is 0 Å². The Morgan fingerprint density at radius 2 is 1.39 bits per heavy atom. The van der Waals surface area contributed by atoms with Crippen LogP contribution in [0.1, 0.15) is 62.5 Å². The number of nitro benzene ring substituents is 1. The molecule has 0 aliphatic rings. The molecule has 23 heavy (non-hydrogen) atoms. The van der Waals surface area contributed by atoms with Gasteiger partial charge in [-0.2, -0.15) is 0 Å². The van der Waals surface area contributed by atoms with E-state index in [0.29, 0.717) is 5.69 Å². The molecule has 0 aliphatic carbocycles. The molecule has 0 unspecified atom stereocenters. The van der Waals surface area contributed by atoms with E-state index >= 15 is 0 Å². The molecule has 0 amide bonds. The maximum absolute atomic E-state index is 11.3. The van der Waals surface area contributed by atoms with Crippen LogP contribution in [0.25, 0.3) is 0 Å². The predicted molar refractivity (Wildman–Crippen MR) is 105 cm³/mol. The van der Waals surface area contributed by atoms with Crippen LogP contribution in [0.2, 0.25) is 0 Å². The van der Waals surface area contributed by atoms with E-state index < -0.39 is 0 Å². The van der Waals surface area contributed by atoms with Gasteiger partial charge in [-0.05, 0) is 44.1 Å². The van der Waals surface area contributed by atoms with E-state index in [2.05, 4.69) is 37.9 Å². The Morgan fingerprint density at radius 3 is 1.96 bits per heavy atom.